The number of para-hydroxylation sites is 2. The van der Waals surface area contributed by atoms with Gasteiger partial charge in [-0.3, -0.25) is 9.78 Å². The van der Waals surface area contributed by atoms with Gasteiger partial charge >= 0.3 is 0 Å². The van der Waals surface area contributed by atoms with E-state index in [0.29, 0.717) is 11.6 Å². The van der Waals surface area contributed by atoms with Gasteiger partial charge in [0.15, 0.2) is 6.29 Å². The molecule has 200 valence electrons. The van der Waals surface area contributed by atoms with Crippen molar-refractivity contribution < 1.29 is 9.53 Å². The molecule has 3 heterocycles. The fraction of sp³-hybridized carbons (Fsp3) is 0.176. The van der Waals surface area contributed by atoms with E-state index in [4.69, 9.17) is 9.72 Å². The number of nitrogens with two attached hydrogens (primary N) is 1. The van der Waals surface area contributed by atoms with Crippen molar-refractivity contribution in [3.8, 4) is 16.8 Å². The van der Waals surface area contributed by atoms with Crippen LogP contribution in [0.3, 0.4) is 0 Å². The Morgan fingerprint density at radius 3 is 2.52 bits per heavy atom. The highest BCUT2D eigenvalue weighted by Gasteiger charge is 2.19. The van der Waals surface area contributed by atoms with Crippen LogP contribution in [-0.2, 0) is 4.74 Å². The molecule has 1 aliphatic heterocycles. The van der Waals surface area contributed by atoms with Gasteiger partial charge in [-0.2, -0.15) is 0 Å². The lowest BCUT2D eigenvalue weighted by Gasteiger charge is -2.25. The second kappa shape index (κ2) is 11.3. The zero-order chi connectivity index (χ0) is 27.5. The average Bonchev–Trinajstić information content (AvgIpc) is 3.37. The Morgan fingerprint density at radius 1 is 0.900 bits per heavy atom. The lowest BCUT2D eigenvalue weighted by Crippen LogP contribution is -2.28. The first-order valence-corrected chi connectivity index (χ1v) is 13.7. The minimum atomic E-state index is 0.294. The summed E-state index contributed by atoms with van der Waals surface area (Å²) in [5.74, 6) is 0. The van der Waals surface area contributed by atoms with Crippen LogP contribution in [0.4, 0.5) is 5.69 Å². The zero-order valence-corrected chi connectivity index (χ0v) is 22.5. The van der Waals surface area contributed by atoms with Gasteiger partial charge in [-0.1, -0.05) is 48.5 Å². The van der Waals surface area contributed by atoms with Crippen molar-refractivity contribution >= 4 is 44.7 Å². The molecule has 1 fully saturated rings. The fourth-order valence-electron chi connectivity index (χ4n) is 5.73. The lowest BCUT2D eigenvalue weighted by atomic mass is 9.99. The molecule has 0 aliphatic carbocycles. The number of nitrogens with zero attached hydrogens (tertiary/aromatic N) is 2. The van der Waals surface area contributed by atoms with Crippen molar-refractivity contribution in [2.45, 2.75) is 18.9 Å². The standard InChI is InChI=1S/C33H27N3O2.CH5N/c37-21-23-12-13-26(19-30(23)35-25-14-16-38-17-15-25)36-31-10-4-2-7-28(31)33-27(8-5-11-32(33)36)24-18-22-6-1-3-9-29(22)34-20-24;1-2/h1-13,18-21,25,35H,14-17H2;2H2,1H3. The van der Waals surface area contributed by atoms with Crippen LogP contribution in [0.1, 0.15) is 23.2 Å². The molecule has 0 unspecified atom stereocenters. The number of carbonyl (C=O) groups excluding carboxylic acids is 1. The molecule has 0 amide bonds. The molecule has 1 aliphatic rings. The van der Waals surface area contributed by atoms with Crippen LogP contribution in [0.2, 0.25) is 0 Å². The highest BCUT2D eigenvalue weighted by molar-refractivity contribution is 6.16. The van der Waals surface area contributed by atoms with E-state index in [-0.39, 0.29) is 0 Å². The van der Waals surface area contributed by atoms with Gasteiger partial charge in [0.25, 0.3) is 0 Å². The molecule has 6 heteroatoms. The lowest BCUT2D eigenvalue weighted by molar-refractivity contribution is 0.0904. The van der Waals surface area contributed by atoms with Crippen LogP contribution in [0.5, 0.6) is 0 Å². The van der Waals surface area contributed by atoms with E-state index in [1.807, 2.05) is 30.5 Å². The molecule has 6 nitrogen and oxygen atoms in total. The molecule has 2 aromatic heterocycles. The van der Waals surface area contributed by atoms with Crippen molar-refractivity contribution in [3.05, 3.63) is 103 Å². The number of rotatable bonds is 5. The van der Waals surface area contributed by atoms with Gasteiger partial charge in [-0.15, -0.1) is 0 Å². The molecule has 0 saturated carbocycles. The van der Waals surface area contributed by atoms with Crippen molar-refractivity contribution in [1.82, 2.24) is 9.55 Å². The third-order valence-corrected chi connectivity index (χ3v) is 7.60. The Hall–Kier alpha value is -4.52. The maximum atomic E-state index is 11.9. The summed E-state index contributed by atoms with van der Waals surface area (Å²) < 4.78 is 7.82. The Balaban J connectivity index is 0.00000142. The molecule has 0 bridgehead atoms. The Bertz CT molecular complexity index is 1820. The molecule has 4 aromatic carbocycles. The van der Waals surface area contributed by atoms with Gasteiger partial charge < -0.3 is 20.4 Å². The second-order valence-electron chi connectivity index (χ2n) is 9.89. The van der Waals surface area contributed by atoms with E-state index in [9.17, 15) is 4.79 Å². The number of ether oxygens (including phenoxy) is 1. The van der Waals surface area contributed by atoms with E-state index in [2.05, 4.69) is 82.3 Å². The number of fused-ring (bicyclic) bond motifs is 4. The fourth-order valence-corrected chi connectivity index (χ4v) is 5.73. The quantitative estimate of drug-likeness (QED) is 0.236. The molecule has 7 rings (SSSR count). The summed E-state index contributed by atoms with van der Waals surface area (Å²) >= 11 is 0. The molecular formula is C34H32N4O2. The summed E-state index contributed by atoms with van der Waals surface area (Å²) in [4.78, 5) is 16.6. The second-order valence-corrected chi connectivity index (χ2v) is 9.89. The maximum absolute atomic E-state index is 11.9. The molecule has 6 aromatic rings. The minimum absolute atomic E-state index is 0.294. The molecule has 1 saturated heterocycles. The number of aldehydes is 1. The number of anilines is 1. The summed E-state index contributed by atoms with van der Waals surface area (Å²) in [6, 6.07) is 31.8. The number of pyridine rings is 1. The van der Waals surface area contributed by atoms with E-state index in [0.717, 1.165) is 76.8 Å². The largest absolute Gasteiger partial charge is 0.381 e. The van der Waals surface area contributed by atoms with Crippen LogP contribution in [0.25, 0.3) is 49.5 Å². The van der Waals surface area contributed by atoms with Gasteiger partial charge in [0, 0.05) is 64.1 Å². The van der Waals surface area contributed by atoms with Gasteiger partial charge in [-0.25, -0.2) is 0 Å². The van der Waals surface area contributed by atoms with Gasteiger partial charge in [0.05, 0.1) is 16.6 Å². The predicted octanol–water partition coefficient (Wildman–Crippen LogP) is 6.98. The molecule has 0 spiro atoms. The number of aromatic nitrogens is 2. The monoisotopic (exact) mass is 528 g/mol. The topological polar surface area (TPSA) is 82.2 Å². The summed E-state index contributed by atoms with van der Waals surface area (Å²) in [5, 5.41) is 7.12. The number of carbonyl (C=O) groups is 1. The SMILES string of the molecule is CN.O=Cc1ccc(-n2c3ccccc3c3c(-c4cnc5ccccc5c4)cccc32)cc1NC1CCOCC1. The van der Waals surface area contributed by atoms with Crippen LogP contribution in [0.15, 0.2) is 97.2 Å². The van der Waals surface area contributed by atoms with Crippen molar-refractivity contribution in [1.29, 1.82) is 0 Å². The first-order chi connectivity index (χ1) is 19.8. The van der Waals surface area contributed by atoms with E-state index < -0.39 is 0 Å². The van der Waals surface area contributed by atoms with Crippen LogP contribution in [-0.4, -0.2) is 42.1 Å². The third-order valence-electron chi connectivity index (χ3n) is 7.60. The van der Waals surface area contributed by atoms with E-state index in [1.165, 1.54) is 17.8 Å². The van der Waals surface area contributed by atoms with Gasteiger partial charge in [-0.05, 0) is 67.9 Å². The highest BCUT2D eigenvalue weighted by atomic mass is 16.5. The molecule has 0 atom stereocenters. The van der Waals surface area contributed by atoms with Crippen LogP contribution >= 0.6 is 0 Å². The molecule has 3 N–H and O–H groups in total. The third kappa shape index (κ3) is 4.62. The Labute approximate surface area is 233 Å². The normalized spacial score (nSPS) is 13.8. The molecular weight excluding hydrogens is 496 g/mol. The smallest absolute Gasteiger partial charge is 0.152 e. The van der Waals surface area contributed by atoms with Gasteiger partial charge in [0.1, 0.15) is 0 Å². The van der Waals surface area contributed by atoms with E-state index in [1.54, 1.807) is 0 Å². The first kappa shape index (κ1) is 25.7. The van der Waals surface area contributed by atoms with Gasteiger partial charge in [0.2, 0.25) is 0 Å². The zero-order valence-electron chi connectivity index (χ0n) is 22.5. The van der Waals surface area contributed by atoms with Crippen molar-refractivity contribution in [3.63, 3.8) is 0 Å². The summed E-state index contributed by atoms with van der Waals surface area (Å²) in [6.07, 6.45) is 4.77. The number of hydrogen-bond acceptors (Lipinski definition) is 5. The summed E-state index contributed by atoms with van der Waals surface area (Å²) in [5.41, 5.74) is 12.5. The van der Waals surface area contributed by atoms with Crippen LogP contribution < -0.4 is 11.1 Å². The van der Waals surface area contributed by atoms with Crippen LogP contribution in [0, 0.1) is 0 Å². The number of hydrogen-bond donors (Lipinski definition) is 2. The van der Waals surface area contributed by atoms with Crippen molar-refractivity contribution in [2.75, 3.05) is 25.6 Å². The van der Waals surface area contributed by atoms with Crippen molar-refractivity contribution in [2.24, 2.45) is 5.73 Å². The number of benzene rings is 4. The summed E-state index contributed by atoms with van der Waals surface area (Å²) in [6.45, 7) is 1.49. The first-order valence-electron chi connectivity index (χ1n) is 13.7. The Morgan fingerprint density at radius 2 is 1.68 bits per heavy atom. The predicted molar refractivity (Wildman–Crippen MR) is 164 cm³/mol. The average molecular weight is 529 g/mol. The maximum Gasteiger partial charge on any atom is 0.152 e. The summed E-state index contributed by atoms with van der Waals surface area (Å²) in [7, 11) is 1.50. The highest BCUT2D eigenvalue weighted by Crippen LogP contribution is 2.39. The Kier molecular flexibility index (Phi) is 7.27. The minimum Gasteiger partial charge on any atom is -0.381 e. The molecule has 40 heavy (non-hydrogen) atoms. The van der Waals surface area contributed by atoms with E-state index >= 15 is 0 Å². The number of nitrogens with one attached hydrogen (secondary N) is 1. The molecule has 0 radical (unpaired) electrons.